The molecule has 27 heavy (non-hydrogen) atoms. The van der Waals surface area contributed by atoms with Crippen LogP contribution in [-0.4, -0.2) is 20.5 Å². The zero-order chi connectivity index (χ0) is 19.3. The predicted octanol–water partition coefficient (Wildman–Crippen LogP) is 4.63. The second kappa shape index (κ2) is 8.41. The first-order valence-electron chi connectivity index (χ1n) is 8.32. The molecule has 0 aromatic heterocycles. The van der Waals surface area contributed by atoms with Crippen molar-refractivity contribution in [1.82, 2.24) is 0 Å². The second-order valence-corrected chi connectivity index (χ2v) is 8.47. The highest BCUT2D eigenvalue weighted by Gasteiger charge is 2.18. The number of nitrogens with one attached hydrogen (secondary N) is 1. The van der Waals surface area contributed by atoms with Crippen LogP contribution < -0.4 is 4.72 Å². The molecule has 4 nitrogen and oxygen atoms in total. The number of Topliss-reactive ketones (excluding diaryl/α,β-unsaturated/α-hetero) is 1. The van der Waals surface area contributed by atoms with Crippen LogP contribution >= 0.6 is 11.8 Å². The molecule has 0 amide bonds. The van der Waals surface area contributed by atoms with Crippen LogP contribution in [0.3, 0.4) is 0 Å². The van der Waals surface area contributed by atoms with Gasteiger partial charge in [-0.1, -0.05) is 42.5 Å². The summed E-state index contributed by atoms with van der Waals surface area (Å²) in [6.07, 6.45) is 2.14. The van der Waals surface area contributed by atoms with Crippen molar-refractivity contribution in [3.05, 3.63) is 90.0 Å². The van der Waals surface area contributed by atoms with Crippen LogP contribution in [0, 0.1) is 0 Å². The SMILES string of the molecule is CSc1ccc(S(=O)(=O)Nc2ccccc2C(=O)Cc2ccccc2)cc1. The molecule has 138 valence electrons. The summed E-state index contributed by atoms with van der Waals surface area (Å²) in [6.45, 7) is 0. The summed E-state index contributed by atoms with van der Waals surface area (Å²) < 4.78 is 28.0. The van der Waals surface area contributed by atoms with Crippen molar-refractivity contribution in [2.45, 2.75) is 16.2 Å². The first kappa shape index (κ1) is 19.2. The zero-order valence-corrected chi connectivity index (χ0v) is 16.4. The largest absolute Gasteiger partial charge is 0.294 e. The molecule has 0 unspecified atom stereocenters. The lowest BCUT2D eigenvalue weighted by Crippen LogP contribution is -2.16. The molecule has 0 fully saturated rings. The average Bonchev–Trinajstić information content (AvgIpc) is 2.69. The van der Waals surface area contributed by atoms with Crippen molar-refractivity contribution in [1.29, 1.82) is 0 Å². The van der Waals surface area contributed by atoms with E-state index in [0.717, 1.165) is 10.5 Å². The van der Waals surface area contributed by atoms with Gasteiger partial charge in [-0.3, -0.25) is 9.52 Å². The molecule has 3 aromatic carbocycles. The normalized spacial score (nSPS) is 11.1. The Labute approximate surface area is 163 Å². The highest BCUT2D eigenvalue weighted by Crippen LogP contribution is 2.23. The van der Waals surface area contributed by atoms with Gasteiger partial charge in [-0.15, -0.1) is 11.8 Å². The van der Waals surface area contributed by atoms with Gasteiger partial charge in [0.15, 0.2) is 5.78 Å². The number of para-hydroxylation sites is 1. The van der Waals surface area contributed by atoms with E-state index in [1.807, 2.05) is 36.6 Å². The van der Waals surface area contributed by atoms with Gasteiger partial charge in [-0.25, -0.2) is 8.42 Å². The van der Waals surface area contributed by atoms with Crippen LogP contribution in [0.1, 0.15) is 15.9 Å². The minimum Gasteiger partial charge on any atom is -0.294 e. The van der Waals surface area contributed by atoms with Gasteiger partial charge in [0.1, 0.15) is 0 Å². The highest BCUT2D eigenvalue weighted by atomic mass is 32.2. The van der Waals surface area contributed by atoms with E-state index in [1.54, 1.807) is 48.5 Å². The van der Waals surface area contributed by atoms with Crippen molar-refractivity contribution in [3.63, 3.8) is 0 Å². The van der Waals surface area contributed by atoms with Crippen molar-refractivity contribution >= 4 is 33.3 Å². The summed E-state index contributed by atoms with van der Waals surface area (Å²) in [7, 11) is -3.78. The maximum absolute atomic E-state index is 12.7. The topological polar surface area (TPSA) is 63.2 Å². The van der Waals surface area contributed by atoms with Crippen LogP contribution in [-0.2, 0) is 16.4 Å². The first-order valence-corrected chi connectivity index (χ1v) is 11.0. The number of thioether (sulfide) groups is 1. The minimum atomic E-state index is -3.78. The molecule has 0 heterocycles. The quantitative estimate of drug-likeness (QED) is 0.466. The fourth-order valence-corrected chi connectivity index (χ4v) is 4.14. The van der Waals surface area contributed by atoms with Crippen molar-refractivity contribution < 1.29 is 13.2 Å². The van der Waals surface area contributed by atoms with E-state index in [9.17, 15) is 13.2 Å². The molecule has 0 aliphatic carbocycles. The maximum atomic E-state index is 12.7. The third kappa shape index (κ3) is 4.78. The fourth-order valence-electron chi connectivity index (χ4n) is 2.65. The fraction of sp³-hybridized carbons (Fsp3) is 0.0952. The molecule has 0 saturated heterocycles. The Hall–Kier alpha value is -2.57. The molecule has 6 heteroatoms. The van der Waals surface area contributed by atoms with E-state index in [1.165, 1.54) is 11.8 Å². The third-order valence-electron chi connectivity index (χ3n) is 4.05. The Morgan fingerprint density at radius 1 is 0.889 bits per heavy atom. The number of hydrogen-bond donors (Lipinski definition) is 1. The van der Waals surface area contributed by atoms with Crippen molar-refractivity contribution in [2.24, 2.45) is 0 Å². The summed E-state index contributed by atoms with van der Waals surface area (Å²) in [6, 6.07) is 22.7. The van der Waals surface area contributed by atoms with Crippen molar-refractivity contribution in [2.75, 3.05) is 11.0 Å². The molecule has 0 radical (unpaired) electrons. The van der Waals surface area contributed by atoms with Crippen LogP contribution in [0.2, 0.25) is 0 Å². The lowest BCUT2D eigenvalue weighted by Gasteiger charge is -2.12. The number of benzene rings is 3. The van der Waals surface area contributed by atoms with E-state index in [2.05, 4.69) is 4.72 Å². The van der Waals surface area contributed by atoms with E-state index < -0.39 is 10.0 Å². The Balaban J connectivity index is 1.85. The molecule has 0 aliphatic heterocycles. The lowest BCUT2D eigenvalue weighted by molar-refractivity contribution is 0.0994. The van der Waals surface area contributed by atoms with Gasteiger partial charge in [0, 0.05) is 16.9 Å². The molecular weight excluding hydrogens is 378 g/mol. The monoisotopic (exact) mass is 397 g/mol. The van der Waals surface area contributed by atoms with E-state index >= 15 is 0 Å². The molecule has 1 N–H and O–H groups in total. The Morgan fingerprint density at radius 3 is 2.19 bits per heavy atom. The van der Waals surface area contributed by atoms with E-state index in [0.29, 0.717) is 5.56 Å². The van der Waals surface area contributed by atoms with Gasteiger partial charge in [0.25, 0.3) is 10.0 Å². The first-order chi connectivity index (χ1) is 13.0. The van der Waals surface area contributed by atoms with Gasteiger partial charge in [-0.2, -0.15) is 0 Å². The molecule has 0 aliphatic rings. The highest BCUT2D eigenvalue weighted by molar-refractivity contribution is 7.98. The van der Waals surface area contributed by atoms with Crippen LogP contribution in [0.4, 0.5) is 5.69 Å². The number of hydrogen-bond acceptors (Lipinski definition) is 4. The predicted molar refractivity (Wildman–Crippen MR) is 110 cm³/mol. The number of anilines is 1. The number of rotatable bonds is 7. The molecule has 0 atom stereocenters. The van der Waals surface area contributed by atoms with Crippen LogP contribution in [0.5, 0.6) is 0 Å². The third-order valence-corrected chi connectivity index (χ3v) is 6.17. The molecule has 0 saturated carbocycles. The van der Waals surface area contributed by atoms with Gasteiger partial charge < -0.3 is 0 Å². The van der Waals surface area contributed by atoms with Gasteiger partial charge in [-0.05, 0) is 48.2 Å². The average molecular weight is 398 g/mol. The number of carbonyl (C=O) groups excluding carboxylic acids is 1. The summed E-state index contributed by atoms with van der Waals surface area (Å²) in [5.41, 5.74) is 1.52. The molecular formula is C21H19NO3S2. The zero-order valence-electron chi connectivity index (χ0n) is 14.8. The number of sulfonamides is 1. The van der Waals surface area contributed by atoms with Gasteiger partial charge in [0.2, 0.25) is 0 Å². The Morgan fingerprint density at radius 2 is 1.52 bits per heavy atom. The van der Waals surface area contributed by atoms with Crippen molar-refractivity contribution in [3.8, 4) is 0 Å². The number of carbonyl (C=O) groups is 1. The Bertz CT molecular complexity index is 1030. The summed E-state index contributed by atoms with van der Waals surface area (Å²) in [5, 5.41) is 0. The lowest BCUT2D eigenvalue weighted by atomic mass is 10.0. The van der Waals surface area contributed by atoms with E-state index in [4.69, 9.17) is 0 Å². The van der Waals surface area contributed by atoms with Crippen LogP contribution in [0.25, 0.3) is 0 Å². The summed E-state index contributed by atoms with van der Waals surface area (Å²) >= 11 is 1.54. The second-order valence-electron chi connectivity index (χ2n) is 5.91. The van der Waals surface area contributed by atoms with E-state index in [-0.39, 0.29) is 22.8 Å². The summed E-state index contributed by atoms with van der Waals surface area (Å²) in [5.74, 6) is -0.141. The summed E-state index contributed by atoms with van der Waals surface area (Å²) in [4.78, 5) is 13.8. The molecule has 0 bridgehead atoms. The molecule has 3 aromatic rings. The van der Waals surface area contributed by atoms with Gasteiger partial charge in [0.05, 0.1) is 10.6 Å². The van der Waals surface area contributed by atoms with Gasteiger partial charge >= 0.3 is 0 Å². The smallest absolute Gasteiger partial charge is 0.261 e. The minimum absolute atomic E-state index is 0.141. The molecule has 3 rings (SSSR count). The molecule has 0 spiro atoms. The maximum Gasteiger partial charge on any atom is 0.261 e. The Kier molecular flexibility index (Phi) is 5.98. The number of ketones is 1. The van der Waals surface area contributed by atoms with Crippen LogP contribution in [0.15, 0.2) is 88.7 Å². The standard InChI is InChI=1S/C21H19NO3S2/c1-26-17-11-13-18(14-12-17)27(24,25)22-20-10-6-5-9-19(20)21(23)15-16-7-3-2-4-8-16/h2-14,22H,15H2,1H3.